The van der Waals surface area contributed by atoms with Crippen molar-refractivity contribution < 1.29 is 0 Å². The summed E-state index contributed by atoms with van der Waals surface area (Å²) in [4.78, 5) is 4.65. The lowest BCUT2D eigenvalue weighted by Gasteiger charge is -2.05. The number of fused-ring (bicyclic) bond motifs is 1. The second-order valence-corrected chi connectivity index (χ2v) is 7.31. The molecule has 0 N–H and O–H groups in total. The van der Waals surface area contributed by atoms with Gasteiger partial charge in [-0.2, -0.15) is 0 Å². The normalized spacial score (nSPS) is 10.8. The lowest BCUT2D eigenvalue weighted by molar-refractivity contribution is 1.28. The molecule has 0 saturated heterocycles. The van der Waals surface area contributed by atoms with Gasteiger partial charge in [-0.15, -0.1) is 11.3 Å². The fourth-order valence-electron chi connectivity index (χ4n) is 1.92. The van der Waals surface area contributed by atoms with E-state index in [-0.39, 0.29) is 0 Å². The average Bonchev–Trinajstić information content (AvgIpc) is 2.89. The number of hydrogen-bond acceptors (Lipinski definition) is 3. The molecule has 0 spiro atoms. The highest BCUT2D eigenvalue weighted by molar-refractivity contribution is 9.10. The Morgan fingerprint density at radius 2 is 2.05 bits per heavy atom. The lowest BCUT2D eigenvalue weighted by atomic mass is 10.1. The Labute approximate surface area is 134 Å². The van der Waals surface area contributed by atoms with Crippen molar-refractivity contribution in [3.05, 3.63) is 64.6 Å². The molecule has 0 fully saturated rings. The van der Waals surface area contributed by atoms with E-state index in [2.05, 4.69) is 63.9 Å². The van der Waals surface area contributed by atoms with Gasteiger partial charge in [0.25, 0.3) is 0 Å². The van der Waals surface area contributed by atoms with Gasteiger partial charge in [0.15, 0.2) is 4.34 Å². The van der Waals surface area contributed by atoms with Crippen molar-refractivity contribution in [3.63, 3.8) is 0 Å². The van der Waals surface area contributed by atoms with Gasteiger partial charge in [0.05, 0.1) is 10.2 Å². The highest BCUT2D eigenvalue weighted by Crippen LogP contribution is 2.33. The van der Waals surface area contributed by atoms with Crippen LogP contribution in [0.5, 0.6) is 0 Å². The Balaban J connectivity index is 1.81. The Hall–Kier alpha value is -1.10. The number of thiazole rings is 1. The van der Waals surface area contributed by atoms with Crippen molar-refractivity contribution in [3.8, 4) is 0 Å². The van der Waals surface area contributed by atoms with Crippen molar-refractivity contribution in [2.75, 3.05) is 0 Å². The molecule has 1 heterocycles. The molecule has 0 saturated carbocycles. The molecule has 0 amide bonds. The van der Waals surface area contributed by atoms with E-state index in [1.165, 1.54) is 10.3 Å². The van der Waals surface area contributed by atoms with Gasteiger partial charge in [-0.1, -0.05) is 54.7 Å². The average molecular weight is 362 g/mol. The van der Waals surface area contributed by atoms with Crippen LogP contribution < -0.4 is 0 Å². The zero-order valence-corrected chi connectivity index (χ0v) is 13.9. The maximum absolute atomic E-state index is 4.65. The summed E-state index contributed by atoms with van der Waals surface area (Å²) in [6.07, 6.45) is 1.87. The molecule has 100 valence electrons. The topological polar surface area (TPSA) is 12.9 Å². The van der Waals surface area contributed by atoms with Crippen LogP contribution in [-0.4, -0.2) is 4.98 Å². The predicted molar refractivity (Wildman–Crippen MR) is 93.4 cm³/mol. The molecule has 4 heteroatoms. The monoisotopic (exact) mass is 361 g/mol. The summed E-state index contributed by atoms with van der Waals surface area (Å²) < 4.78 is 3.49. The maximum atomic E-state index is 4.65. The summed E-state index contributed by atoms with van der Waals surface area (Å²) in [5.74, 6) is 0.905. The first-order chi connectivity index (χ1) is 9.78. The van der Waals surface area contributed by atoms with Crippen LogP contribution in [0.3, 0.4) is 0 Å². The number of thioether (sulfide) groups is 1. The molecule has 0 bridgehead atoms. The summed E-state index contributed by atoms with van der Waals surface area (Å²) >= 11 is 7.17. The SMILES string of the molecule is C=Cc1cccc(CSc2nc3ccccc3s2)c1Br. The van der Waals surface area contributed by atoms with Crippen LogP contribution in [0.15, 0.2) is 57.9 Å². The molecule has 3 aromatic rings. The third-order valence-corrected chi connectivity index (χ3v) is 6.15. The minimum Gasteiger partial charge on any atom is -0.230 e. The molecule has 0 radical (unpaired) electrons. The zero-order valence-electron chi connectivity index (χ0n) is 10.7. The van der Waals surface area contributed by atoms with E-state index < -0.39 is 0 Å². The highest BCUT2D eigenvalue weighted by Gasteiger charge is 2.07. The summed E-state index contributed by atoms with van der Waals surface area (Å²) in [6.45, 7) is 3.83. The Morgan fingerprint density at radius 1 is 1.20 bits per heavy atom. The highest BCUT2D eigenvalue weighted by atomic mass is 79.9. The fraction of sp³-hybridized carbons (Fsp3) is 0.0625. The molecule has 20 heavy (non-hydrogen) atoms. The standard InChI is InChI=1S/C16H12BrNS2/c1-2-11-6-5-7-12(15(11)17)10-19-16-18-13-8-3-4-9-14(13)20-16/h2-9H,1,10H2. The minimum absolute atomic E-state index is 0.905. The molecule has 1 aromatic heterocycles. The molecular formula is C16H12BrNS2. The minimum atomic E-state index is 0.905. The van der Waals surface area contributed by atoms with Crippen molar-refractivity contribution >= 4 is 55.3 Å². The molecule has 0 aliphatic rings. The van der Waals surface area contributed by atoms with E-state index >= 15 is 0 Å². The van der Waals surface area contributed by atoms with Crippen LogP contribution in [-0.2, 0) is 5.75 Å². The number of hydrogen-bond donors (Lipinski definition) is 0. The van der Waals surface area contributed by atoms with Gasteiger partial charge in [-0.05, 0) is 39.2 Å². The number of rotatable bonds is 4. The van der Waals surface area contributed by atoms with Gasteiger partial charge in [0.2, 0.25) is 0 Å². The molecule has 0 unspecified atom stereocenters. The van der Waals surface area contributed by atoms with E-state index in [0.717, 1.165) is 25.6 Å². The van der Waals surface area contributed by atoms with Gasteiger partial charge in [0, 0.05) is 10.2 Å². The third kappa shape index (κ3) is 2.82. The Kier molecular flexibility index (Phi) is 4.24. The molecular weight excluding hydrogens is 350 g/mol. The van der Waals surface area contributed by atoms with Crippen LogP contribution in [0.2, 0.25) is 0 Å². The summed E-state index contributed by atoms with van der Waals surface area (Å²) in [5.41, 5.74) is 3.48. The number of aromatic nitrogens is 1. The fourth-order valence-corrected chi connectivity index (χ4v) is 4.73. The molecule has 1 nitrogen and oxygen atoms in total. The summed E-state index contributed by atoms with van der Waals surface area (Å²) in [5, 5.41) is 0. The van der Waals surface area contributed by atoms with Gasteiger partial charge >= 0.3 is 0 Å². The van der Waals surface area contributed by atoms with E-state index in [9.17, 15) is 0 Å². The lowest BCUT2D eigenvalue weighted by Crippen LogP contribution is -1.85. The first-order valence-corrected chi connectivity index (χ1v) is 8.75. The van der Waals surface area contributed by atoms with Crippen LogP contribution in [0, 0.1) is 0 Å². The second-order valence-electron chi connectivity index (χ2n) is 4.26. The first kappa shape index (κ1) is 13.9. The van der Waals surface area contributed by atoms with E-state index in [0.29, 0.717) is 0 Å². The van der Waals surface area contributed by atoms with Crippen molar-refractivity contribution in [2.24, 2.45) is 0 Å². The summed E-state index contributed by atoms with van der Waals surface area (Å²) in [7, 11) is 0. The molecule has 0 aliphatic carbocycles. The maximum Gasteiger partial charge on any atom is 0.151 e. The summed E-state index contributed by atoms with van der Waals surface area (Å²) in [6, 6.07) is 14.5. The van der Waals surface area contributed by atoms with Crippen LogP contribution in [0.1, 0.15) is 11.1 Å². The van der Waals surface area contributed by atoms with E-state index in [1.54, 1.807) is 23.1 Å². The number of para-hydroxylation sites is 1. The van der Waals surface area contributed by atoms with Crippen LogP contribution in [0.25, 0.3) is 16.3 Å². The molecule has 0 aliphatic heterocycles. The largest absolute Gasteiger partial charge is 0.230 e. The van der Waals surface area contributed by atoms with Crippen LogP contribution in [0.4, 0.5) is 0 Å². The van der Waals surface area contributed by atoms with E-state index in [1.807, 2.05) is 12.1 Å². The van der Waals surface area contributed by atoms with E-state index in [4.69, 9.17) is 0 Å². The van der Waals surface area contributed by atoms with Gasteiger partial charge < -0.3 is 0 Å². The van der Waals surface area contributed by atoms with Crippen molar-refractivity contribution in [2.45, 2.75) is 10.1 Å². The number of nitrogens with zero attached hydrogens (tertiary/aromatic N) is 1. The number of halogens is 1. The molecule has 0 atom stereocenters. The first-order valence-electron chi connectivity index (χ1n) is 6.16. The quantitative estimate of drug-likeness (QED) is 0.529. The van der Waals surface area contributed by atoms with Crippen molar-refractivity contribution in [1.29, 1.82) is 0 Å². The zero-order chi connectivity index (χ0) is 13.9. The Bertz CT molecular complexity index is 731. The smallest absolute Gasteiger partial charge is 0.151 e. The van der Waals surface area contributed by atoms with Gasteiger partial charge in [0.1, 0.15) is 0 Å². The van der Waals surface area contributed by atoms with Gasteiger partial charge in [-0.25, -0.2) is 4.98 Å². The van der Waals surface area contributed by atoms with Crippen LogP contribution >= 0.6 is 39.0 Å². The number of benzene rings is 2. The van der Waals surface area contributed by atoms with Crippen molar-refractivity contribution in [1.82, 2.24) is 4.98 Å². The van der Waals surface area contributed by atoms with Gasteiger partial charge in [-0.3, -0.25) is 0 Å². The second kappa shape index (κ2) is 6.12. The molecule has 3 rings (SSSR count). The predicted octanol–water partition coefficient (Wildman–Crippen LogP) is 5.99. The Morgan fingerprint density at radius 3 is 2.85 bits per heavy atom. The molecule has 2 aromatic carbocycles. The third-order valence-electron chi connectivity index (χ3n) is 2.95.